The van der Waals surface area contributed by atoms with Gasteiger partial charge in [0.25, 0.3) is 0 Å². The Kier molecular flexibility index (Phi) is 4.87. The van der Waals surface area contributed by atoms with Crippen molar-refractivity contribution in [2.45, 2.75) is 24.9 Å². The molecular formula is C13H17N3O2S2. The fraction of sp³-hybridized carbons (Fsp3) is 0.308. The Hall–Kier alpha value is -1.28. The lowest BCUT2D eigenvalue weighted by Gasteiger charge is -2.19. The molecule has 0 amide bonds. The minimum Gasteiger partial charge on any atom is -0.326 e. The number of nitrogens with zero attached hydrogens (tertiary/aromatic N) is 2. The maximum Gasteiger partial charge on any atom is 0.244 e. The highest BCUT2D eigenvalue weighted by molar-refractivity contribution is 7.89. The topological polar surface area (TPSA) is 76.3 Å². The summed E-state index contributed by atoms with van der Waals surface area (Å²) in [6.45, 7) is 2.84. The van der Waals surface area contributed by atoms with Gasteiger partial charge in [0.05, 0.1) is 17.1 Å². The van der Waals surface area contributed by atoms with Crippen molar-refractivity contribution in [1.29, 1.82) is 0 Å². The maximum absolute atomic E-state index is 12.6. The second-order valence-electron chi connectivity index (χ2n) is 4.21. The van der Waals surface area contributed by atoms with Crippen molar-refractivity contribution in [3.05, 3.63) is 46.4 Å². The number of thiophene rings is 1. The highest BCUT2D eigenvalue weighted by Gasteiger charge is 2.24. The predicted octanol–water partition coefficient (Wildman–Crippen LogP) is 1.81. The molecule has 20 heavy (non-hydrogen) atoms. The van der Waals surface area contributed by atoms with Gasteiger partial charge in [0.2, 0.25) is 10.0 Å². The average molecular weight is 311 g/mol. The van der Waals surface area contributed by atoms with Crippen molar-refractivity contribution in [2.75, 3.05) is 6.54 Å². The third-order valence-electron chi connectivity index (χ3n) is 2.89. The summed E-state index contributed by atoms with van der Waals surface area (Å²) in [5.74, 6) is 0. The van der Waals surface area contributed by atoms with Crippen molar-refractivity contribution in [3.8, 4) is 0 Å². The van der Waals surface area contributed by atoms with E-state index < -0.39 is 10.0 Å². The molecule has 0 aliphatic carbocycles. The second kappa shape index (κ2) is 6.45. The molecule has 0 saturated heterocycles. The molecule has 0 atom stereocenters. The predicted molar refractivity (Wildman–Crippen MR) is 79.7 cm³/mol. The van der Waals surface area contributed by atoms with Gasteiger partial charge >= 0.3 is 0 Å². The van der Waals surface area contributed by atoms with Crippen molar-refractivity contribution in [3.63, 3.8) is 0 Å². The van der Waals surface area contributed by atoms with Crippen LogP contribution in [0.2, 0.25) is 0 Å². The molecule has 0 radical (unpaired) electrons. The Labute approximate surface area is 123 Å². The average Bonchev–Trinajstić information content (AvgIpc) is 2.95. The first kappa shape index (κ1) is 15.1. The molecule has 5 nitrogen and oxygen atoms in total. The first-order valence-corrected chi connectivity index (χ1v) is 8.57. The summed E-state index contributed by atoms with van der Waals surface area (Å²) in [6.07, 6.45) is 1.66. The summed E-state index contributed by atoms with van der Waals surface area (Å²) in [7, 11) is -3.49. The van der Waals surface area contributed by atoms with Crippen LogP contribution in [0.25, 0.3) is 0 Å². The molecule has 0 fully saturated rings. The number of hydrogen-bond donors (Lipinski definition) is 1. The van der Waals surface area contributed by atoms with Crippen LogP contribution in [-0.4, -0.2) is 24.3 Å². The summed E-state index contributed by atoms with van der Waals surface area (Å²) in [5.41, 5.74) is 6.26. The molecule has 0 bridgehead atoms. The molecule has 108 valence electrons. The van der Waals surface area contributed by atoms with Gasteiger partial charge in [-0.2, -0.15) is 4.31 Å². The van der Waals surface area contributed by atoms with E-state index in [1.54, 1.807) is 23.7 Å². The van der Waals surface area contributed by atoms with Crippen molar-refractivity contribution in [2.24, 2.45) is 5.73 Å². The van der Waals surface area contributed by atoms with Gasteiger partial charge in [0, 0.05) is 29.5 Å². The summed E-state index contributed by atoms with van der Waals surface area (Å²) in [6, 6.07) is 7.11. The van der Waals surface area contributed by atoms with Gasteiger partial charge in [-0.25, -0.2) is 8.42 Å². The lowest BCUT2D eigenvalue weighted by molar-refractivity contribution is 0.419. The fourth-order valence-corrected chi connectivity index (χ4v) is 4.35. The fourth-order valence-electron chi connectivity index (χ4n) is 1.79. The van der Waals surface area contributed by atoms with Crippen LogP contribution in [0.4, 0.5) is 0 Å². The summed E-state index contributed by atoms with van der Waals surface area (Å²) in [5, 5.41) is 1.64. The van der Waals surface area contributed by atoms with Crippen molar-refractivity contribution in [1.82, 2.24) is 9.29 Å². The first-order valence-electron chi connectivity index (χ1n) is 6.25. The van der Waals surface area contributed by atoms with Crippen LogP contribution in [0, 0.1) is 0 Å². The Bertz CT molecular complexity index is 653. The molecule has 0 saturated carbocycles. The highest BCUT2D eigenvalue weighted by Crippen LogP contribution is 2.23. The molecule has 0 aliphatic rings. The molecule has 0 aromatic carbocycles. The van der Waals surface area contributed by atoms with Crippen LogP contribution in [0.15, 0.2) is 40.7 Å². The molecular weight excluding hydrogens is 294 g/mol. The largest absolute Gasteiger partial charge is 0.326 e. The van der Waals surface area contributed by atoms with Gasteiger partial charge < -0.3 is 5.73 Å². The van der Waals surface area contributed by atoms with E-state index >= 15 is 0 Å². The quantitative estimate of drug-likeness (QED) is 0.883. The SMILES string of the molecule is CCN(Cc1ccccn1)S(=O)(=O)c1csc(CN)c1. The van der Waals surface area contributed by atoms with Gasteiger partial charge in [0.15, 0.2) is 0 Å². The summed E-state index contributed by atoms with van der Waals surface area (Å²) < 4.78 is 26.5. The standard InChI is InChI=1S/C13H17N3O2S2/c1-2-16(9-11-5-3-4-6-15-11)20(17,18)13-7-12(8-14)19-10-13/h3-7,10H,2,8-9,14H2,1H3. The van der Waals surface area contributed by atoms with Crippen LogP contribution in [0.3, 0.4) is 0 Å². The summed E-state index contributed by atoms with van der Waals surface area (Å²) in [4.78, 5) is 5.34. The lowest BCUT2D eigenvalue weighted by atomic mass is 10.3. The van der Waals surface area contributed by atoms with E-state index in [1.807, 2.05) is 19.1 Å². The van der Waals surface area contributed by atoms with Gasteiger partial charge in [-0.05, 0) is 18.2 Å². The van der Waals surface area contributed by atoms with Crippen LogP contribution >= 0.6 is 11.3 Å². The van der Waals surface area contributed by atoms with E-state index in [-0.39, 0.29) is 6.54 Å². The molecule has 2 N–H and O–H groups in total. The number of nitrogens with two attached hydrogens (primary N) is 1. The zero-order chi connectivity index (χ0) is 14.6. The lowest BCUT2D eigenvalue weighted by Crippen LogP contribution is -2.30. The minimum atomic E-state index is -3.49. The Morgan fingerprint density at radius 3 is 2.75 bits per heavy atom. The second-order valence-corrected chi connectivity index (χ2v) is 7.14. The van der Waals surface area contributed by atoms with Crippen molar-refractivity contribution < 1.29 is 8.42 Å². The van der Waals surface area contributed by atoms with Crippen LogP contribution < -0.4 is 5.73 Å². The van der Waals surface area contributed by atoms with E-state index in [4.69, 9.17) is 5.73 Å². The van der Waals surface area contributed by atoms with E-state index in [1.165, 1.54) is 15.6 Å². The zero-order valence-corrected chi connectivity index (χ0v) is 12.8. The minimum absolute atomic E-state index is 0.271. The third-order valence-corrected chi connectivity index (χ3v) is 5.89. The molecule has 0 unspecified atom stereocenters. The molecule has 0 aliphatic heterocycles. The van der Waals surface area contributed by atoms with Crippen LogP contribution in [0.1, 0.15) is 17.5 Å². The molecule has 2 heterocycles. The third kappa shape index (κ3) is 3.24. The van der Waals surface area contributed by atoms with Crippen LogP contribution in [0.5, 0.6) is 0 Å². The number of sulfonamides is 1. The van der Waals surface area contributed by atoms with Gasteiger partial charge in [-0.1, -0.05) is 13.0 Å². The van der Waals surface area contributed by atoms with Gasteiger partial charge in [-0.15, -0.1) is 11.3 Å². The molecule has 7 heteroatoms. The maximum atomic E-state index is 12.6. The highest BCUT2D eigenvalue weighted by atomic mass is 32.2. The van der Waals surface area contributed by atoms with Crippen LogP contribution in [-0.2, 0) is 23.1 Å². The number of hydrogen-bond acceptors (Lipinski definition) is 5. The Balaban J connectivity index is 2.25. The zero-order valence-electron chi connectivity index (χ0n) is 11.2. The Morgan fingerprint density at radius 2 is 2.20 bits per heavy atom. The normalized spacial score (nSPS) is 11.9. The molecule has 2 aromatic rings. The van der Waals surface area contributed by atoms with E-state index in [9.17, 15) is 8.42 Å². The van der Waals surface area contributed by atoms with E-state index in [0.29, 0.717) is 18.0 Å². The number of rotatable bonds is 6. The van der Waals surface area contributed by atoms with Gasteiger partial charge in [0.1, 0.15) is 0 Å². The van der Waals surface area contributed by atoms with Crippen molar-refractivity contribution >= 4 is 21.4 Å². The van der Waals surface area contributed by atoms with E-state index in [2.05, 4.69) is 4.98 Å². The molecule has 2 rings (SSSR count). The number of aromatic nitrogens is 1. The van der Waals surface area contributed by atoms with Gasteiger partial charge in [-0.3, -0.25) is 4.98 Å². The first-order chi connectivity index (χ1) is 9.57. The Morgan fingerprint density at radius 1 is 1.40 bits per heavy atom. The molecule has 0 spiro atoms. The smallest absolute Gasteiger partial charge is 0.244 e. The monoisotopic (exact) mass is 311 g/mol. The van der Waals surface area contributed by atoms with E-state index in [0.717, 1.165) is 10.6 Å². The number of pyridine rings is 1. The molecule has 2 aromatic heterocycles. The summed E-state index contributed by atoms with van der Waals surface area (Å²) >= 11 is 1.36.